The summed E-state index contributed by atoms with van der Waals surface area (Å²) in [6, 6.07) is -0.131. The number of carbonyl (C=O) groups excluding carboxylic acids is 1. The van der Waals surface area contributed by atoms with Crippen LogP contribution in [0, 0.1) is 0 Å². The number of hydrogen-bond donors (Lipinski definition) is 0. The molecule has 0 spiro atoms. The molecule has 0 saturated carbocycles. The van der Waals surface area contributed by atoms with Crippen molar-refractivity contribution in [3.05, 3.63) is 0 Å². The largest absolute Gasteiger partial charge is 0.338 e. The topological polar surface area (TPSA) is 23.6 Å². The van der Waals surface area contributed by atoms with Gasteiger partial charge in [0.2, 0.25) is 5.91 Å². The molecule has 0 N–H and O–H groups in total. The number of carbonyl (C=O) groups is 1. The second kappa shape index (κ2) is 5.96. The molecule has 3 nitrogen and oxygen atoms in total. The third-order valence-electron chi connectivity index (χ3n) is 2.33. The van der Waals surface area contributed by atoms with Gasteiger partial charge in [0.1, 0.15) is 6.17 Å². The molecule has 1 aliphatic rings. The predicted molar refractivity (Wildman–Crippen MR) is 56.0 cm³/mol. The van der Waals surface area contributed by atoms with Crippen molar-refractivity contribution in [3.63, 3.8) is 0 Å². The third-order valence-corrected chi connectivity index (χ3v) is 2.33. The summed E-state index contributed by atoms with van der Waals surface area (Å²) in [5.74, 6) is -0.0398. The number of halogens is 1. The summed E-state index contributed by atoms with van der Waals surface area (Å²) in [6.07, 6.45) is -0.899. The van der Waals surface area contributed by atoms with Crippen LogP contribution in [0.15, 0.2) is 0 Å². The third kappa shape index (κ3) is 3.25. The van der Waals surface area contributed by atoms with Crippen molar-refractivity contribution >= 4 is 5.91 Å². The smallest absolute Gasteiger partial charge is 0.219 e. The van der Waals surface area contributed by atoms with Gasteiger partial charge >= 0.3 is 0 Å². The minimum atomic E-state index is -0.899. The molecule has 0 radical (unpaired) electrons. The van der Waals surface area contributed by atoms with E-state index in [1.807, 2.05) is 32.8 Å². The van der Waals surface area contributed by atoms with Crippen molar-refractivity contribution in [1.29, 1.82) is 0 Å². The van der Waals surface area contributed by atoms with Crippen molar-refractivity contribution in [3.8, 4) is 0 Å². The SMILES string of the molecule is CC.CC(=O)N1CC(F)C(N(C)C)C1. The van der Waals surface area contributed by atoms with Gasteiger partial charge in [-0.3, -0.25) is 4.79 Å². The van der Waals surface area contributed by atoms with E-state index in [4.69, 9.17) is 0 Å². The number of rotatable bonds is 1. The Kier molecular flexibility index (Phi) is 5.69. The van der Waals surface area contributed by atoms with Crippen LogP contribution in [0.2, 0.25) is 0 Å². The number of amides is 1. The second-order valence-corrected chi connectivity index (χ2v) is 3.47. The summed E-state index contributed by atoms with van der Waals surface area (Å²) in [7, 11) is 3.67. The number of likely N-dealkylation sites (N-methyl/N-ethyl adjacent to an activating group) is 1. The molecule has 0 aliphatic carbocycles. The Bertz CT molecular complexity index is 185. The molecule has 1 aliphatic heterocycles. The lowest BCUT2D eigenvalue weighted by Gasteiger charge is -2.20. The number of likely N-dealkylation sites (tertiary alicyclic amines) is 1. The van der Waals surface area contributed by atoms with E-state index in [2.05, 4.69) is 0 Å². The van der Waals surface area contributed by atoms with Gasteiger partial charge < -0.3 is 9.80 Å². The van der Waals surface area contributed by atoms with Crippen LogP contribution in [-0.2, 0) is 4.79 Å². The molecule has 84 valence electrons. The zero-order chi connectivity index (χ0) is 11.3. The number of nitrogens with zero attached hydrogens (tertiary/aromatic N) is 2. The highest BCUT2D eigenvalue weighted by Crippen LogP contribution is 2.16. The Hall–Kier alpha value is -0.640. The van der Waals surface area contributed by atoms with E-state index in [1.165, 1.54) is 6.92 Å². The summed E-state index contributed by atoms with van der Waals surface area (Å²) in [5.41, 5.74) is 0. The first kappa shape index (κ1) is 13.4. The molecule has 0 aromatic heterocycles. The maximum absolute atomic E-state index is 13.2. The van der Waals surface area contributed by atoms with Gasteiger partial charge in [-0.1, -0.05) is 13.8 Å². The molecule has 14 heavy (non-hydrogen) atoms. The average Bonchev–Trinajstić information content (AvgIpc) is 2.51. The van der Waals surface area contributed by atoms with E-state index < -0.39 is 6.17 Å². The highest BCUT2D eigenvalue weighted by molar-refractivity contribution is 5.73. The van der Waals surface area contributed by atoms with Crippen LogP contribution in [-0.4, -0.2) is 55.1 Å². The van der Waals surface area contributed by atoms with E-state index in [9.17, 15) is 9.18 Å². The Morgan fingerprint density at radius 1 is 1.36 bits per heavy atom. The standard InChI is InChI=1S/C8H15FN2O.C2H6/c1-6(12)11-4-7(9)8(5-11)10(2)3;1-2/h7-8H,4-5H2,1-3H3;1-2H3. The molecule has 0 bridgehead atoms. The lowest BCUT2D eigenvalue weighted by atomic mass is 10.2. The average molecular weight is 204 g/mol. The van der Waals surface area contributed by atoms with Gasteiger partial charge in [-0.2, -0.15) is 0 Å². The van der Waals surface area contributed by atoms with Crippen LogP contribution in [0.5, 0.6) is 0 Å². The van der Waals surface area contributed by atoms with Gasteiger partial charge in [-0.25, -0.2) is 4.39 Å². The molecule has 4 heteroatoms. The molecule has 0 aromatic rings. The van der Waals surface area contributed by atoms with Gasteiger partial charge in [0, 0.05) is 13.5 Å². The van der Waals surface area contributed by atoms with E-state index in [0.29, 0.717) is 6.54 Å². The Morgan fingerprint density at radius 3 is 2.07 bits per heavy atom. The summed E-state index contributed by atoms with van der Waals surface area (Å²) in [4.78, 5) is 14.3. The zero-order valence-corrected chi connectivity index (χ0v) is 9.75. The van der Waals surface area contributed by atoms with Crippen LogP contribution in [0.25, 0.3) is 0 Å². The summed E-state index contributed by atoms with van der Waals surface area (Å²) < 4.78 is 13.2. The second-order valence-electron chi connectivity index (χ2n) is 3.47. The Labute approximate surface area is 85.9 Å². The van der Waals surface area contributed by atoms with Crippen molar-refractivity contribution in [1.82, 2.24) is 9.80 Å². The quantitative estimate of drug-likeness (QED) is 0.639. The van der Waals surface area contributed by atoms with E-state index in [-0.39, 0.29) is 18.5 Å². The van der Waals surface area contributed by atoms with Crippen LogP contribution in [0.1, 0.15) is 20.8 Å². The fourth-order valence-corrected chi connectivity index (χ4v) is 1.49. The lowest BCUT2D eigenvalue weighted by Crippen LogP contribution is -2.36. The van der Waals surface area contributed by atoms with Crippen molar-refractivity contribution < 1.29 is 9.18 Å². The normalized spacial score (nSPS) is 26.1. The minimum absolute atomic E-state index is 0.0398. The van der Waals surface area contributed by atoms with Crippen LogP contribution in [0.4, 0.5) is 4.39 Å². The van der Waals surface area contributed by atoms with Gasteiger partial charge in [0.15, 0.2) is 0 Å². The number of hydrogen-bond acceptors (Lipinski definition) is 2. The van der Waals surface area contributed by atoms with E-state index in [0.717, 1.165) is 0 Å². The van der Waals surface area contributed by atoms with Crippen LogP contribution < -0.4 is 0 Å². The molecule has 1 saturated heterocycles. The molecule has 2 unspecified atom stereocenters. The summed E-state index contributed by atoms with van der Waals surface area (Å²) >= 11 is 0. The van der Waals surface area contributed by atoms with E-state index in [1.54, 1.807) is 4.90 Å². The van der Waals surface area contributed by atoms with Gasteiger partial charge in [-0.15, -0.1) is 0 Å². The highest BCUT2D eigenvalue weighted by Gasteiger charge is 2.35. The van der Waals surface area contributed by atoms with Gasteiger partial charge in [0.05, 0.1) is 12.6 Å². The highest BCUT2D eigenvalue weighted by atomic mass is 19.1. The molecule has 1 heterocycles. The first-order chi connectivity index (χ1) is 6.52. The minimum Gasteiger partial charge on any atom is -0.338 e. The first-order valence-electron chi connectivity index (χ1n) is 5.08. The predicted octanol–water partition coefficient (Wildman–Crippen LogP) is 1.14. The Balaban J connectivity index is 0.000000791. The molecular formula is C10H21FN2O. The zero-order valence-electron chi connectivity index (χ0n) is 9.75. The first-order valence-corrected chi connectivity index (χ1v) is 5.08. The fourth-order valence-electron chi connectivity index (χ4n) is 1.49. The van der Waals surface area contributed by atoms with Crippen molar-refractivity contribution in [2.75, 3.05) is 27.2 Å². The molecule has 1 rings (SSSR count). The monoisotopic (exact) mass is 204 g/mol. The lowest BCUT2D eigenvalue weighted by molar-refractivity contribution is -0.128. The molecule has 1 amide bonds. The van der Waals surface area contributed by atoms with Gasteiger partial charge in [-0.05, 0) is 14.1 Å². The molecule has 2 atom stereocenters. The van der Waals surface area contributed by atoms with Gasteiger partial charge in [0.25, 0.3) is 0 Å². The molecular weight excluding hydrogens is 183 g/mol. The Morgan fingerprint density at radius 2 is 1.86 bits per heavy atom. The van der Waals surface area contributed by atoms with Crippen molar-refractivity contribution in [2.24, 2.45) is 0 Å². The number of alkyl halides is 1. The van der Waals surface area contributed by atoms with Crippen molar-refractivity contribution in [2.45, 2.75) is 33.0 Å². The van der Waals surface area contributed by atoms with E-state index >= 15 is 0 Å². The van der Waals surface area contributed by atoms with Crippen LogP contribution in [0.3, 0.4) is 0 Å². The summed E-state index contributed by atoms with van der Waals surface area (Å²) in [6.45, 7) is 6.24. The maximum Gasteiger partial charge on any atom is 0.219 e. The molecule has 1 fully saturated rings. The maximum atomic E-state index is 13.2. The summed E-state index contributed by atoms with van der Waals surface area (Å²) in [5, 5.41) is 0. The molecule has 0 aromatic carbocycles. The fraction of sp³-hybridized carbons (Fsp3) is 0.900. The van der Waals surface area contributed by atoms with Crippen LogP contribution >= 0.6 is 0 Å².